The number of benzene rings is 4. The van der Waals surface area contributed by atoms with Crippen molar-refractivity contribution in [2.24, 2.45) is 0 Å². The molecule has 4 aromatic carbocycles. The molecule has 0 saturated heterocycles. The van der Waals surface area contributed by atoms with Crippen molar-refractivity contribution in [3.8, 4) is 11.5 Å². The number of rotatable bonds is 8. The minimum atomic E-state index is -0.0789. The number of allylic oxidation sites excluding steroid dienone is 2. The fourth-order valence-corrected chi connectivity index (χ4v) is 3.31. The van der Waals surface area contributed by atoms with Gasteiger partial charge in [-0.25, -0.2) is 0 Å². The Morgan fingerprint density at radius 3 is 1.68 bits per heavy atom. The summed E-state index contributed by atoms with van der Waals surface area (Å²) in [5.74, 6) is 1.23. The number of methoxy groups -OCH3 is 2. The first-order valence-electron chi connectivity index (χ1n) is 11.6. The van der Waals surface area contributed by atoms with E-state index < -0.39 is 0 Å². The second-order valence-corrected chi connectivity index (χ2v) is 7.91. The smallest absolute Gasteiger partial charge is 0.185 e. The topological polar surface area (TPSA) is 78.6 Å². The Hall–Kier alpha value is -4.90. The molecule has 0 saturated carbocycles. The van der Waals surface area contributed by atoms with Crippen LogP contribution in [0.5, 0.6) is 11.5 Å². The number of carbonyl (C=O) groups is 2. The van der Waals surface area contributed by atoms with Gasteiger partial charge in [0.15, 0.2) is 23.1 Å². The Morgan fingerprint density at radius 2 is 1.11 bits per heavy atom. The van der Waals surface area contributed by atoms with Gasteiger partial charge in [0, 0.05) is 16.8 Å². The van der Waals surface area contributed by atoms with Crippen LogP contribution < -0.4 is 15.2 Å². The van der Waals surface area contributed by atoms with Crippen LogP contribution in [0.4, 0.5) is 5.69 Å². The Morgan fingerprint density at radius 1 is 0.595 bits per heavy atom. The van der Waals surface area contributed by atoms with Crippen molar-refractivity contribution in [3.63, 3.8) is 0 Å². The maximum atomic E-state index is 12.0. The second-order valence-electron chi connectivity index (χ2n) is 7.91. The van der Waals surface area contributed by atoms with Gasteiger partial charge >= 0.3 is 0 Å². The van der Waals surface area contributed by atoms with Crippen molar-refractivity contribution in [1.82, 2.24) is 0 Å². The van der Waals surface area contributed by atoms with E-state index in [9.17, 15) is 9.59 Å². The summed E-state index contributed by atoms with van der Waals surface area (Å²) in [5.41, 5.74) is 9.44. The molecule has 5 nitrogen and oxygen atoms in total. The molecule has 2 N–H and O–H groups in total. The average molecular weight is 492 g/mol. The SMILES string of the molecule is COc1ccc(C=CC(=O)c2ccc(N)cc2)cc1OC.O=C(C=Cc1ccccc1)c1ccccc1. The summed E-state index contributed by atoms with van der Waals surface area (Å²) < 4.78 is 10.4. The zero-order valence-electron chi connectivity index (χ0n) is 20.8. The van der Waals surface area contributed by atoms with Crippen molar-refractivity contribution in [2.45, 2.75) is 0 Å². The summed E-state index contributed by atoms with van der Waals surface area (Å²) in [6.07, 6.45) is 6.69. The normalized spacial score (nSPS) is 10.5. The van der Waals surface area contributed by atoms with Crippen molar-refractivity contribution in [1.29, 1.82) is 0 Å². The van der Waals surface area contributed by atoms with Crippen LogP contribution in [0, 0.1) is 0 Å². The average Bonchev–Trinajstić information content (AvgIpc) is 2.96. The van der Waals surface area contributed by atoms with Crippen LogP contribution in [0.2, 0.25) is 0 Å². The van der Waals surface area contributed by atoms with E-state index in [2.05, 4.69) is 0 Å². The summed E-state index contributed by atoms with van der Waals surface area (Å²) in [6.45, 7) is 0. The zero-order valence-corrected chi connectivity index (χ0v) is 20.8. The van der Waals surface area contributed by atoms with Crippen molar-refractivity contribution in [2.75, 3.05) is 20.0 Å². The molecule has 0 radical (unpaired) electrons. The maximum Gasteiger partial charge on any atom is 0.185 e. The molecule has 0 atom stereocenters. The van der Waals surface area contributed by atoms with E-state index in [1.807, 2.05) is 78.9 Å². The Labute approximate surface area is 217 Å². The molecule has 0 spiro atoms. The first kappa shape index (κ1) is 26.7. The molecule has 4 aromatic rings. The van der Waals surface area contributed by atoms with Crippen molar-refractivity contribution < 1.29 is 19.1 Å². The van der Waals surface area contributed by atoms with Crippen LogP contribution in [0.1, 0.15) is 31.8 Å². The van der Waals surface area contributed by atoms with Gasteiger partial charge in [-0.15, -0.1) is 0 Å². The molecule has 37 heavy (non-hydrogen) atoms. The van der Waals surface area contributed by atoms with Crippen LogP contribution in [0.3, 0.4) is 0 Å². The lowest BCUT2D eigenvalue weighted by Crippen LogP contribution is -1.95. The number of carbonyl (C=O) groups excluding carboxylic acids is 2. The molecular weight excluding hydrogens is 462 g/mol. The van der Waals surface area contributed by atoms with Crippen LogP contribution in [-0.4, -0.2) is 25.8 Å². The highest BCUT2D eigenvalue weighted by Crippen LogP contribution is 2.28. The fraction of sp³-hybridized carbons (Fsp3) is 0.0625. The van der Waals surface area contributed by atoms with E-state index in [0.29, 0.717) is 22.7 Å². The number of anilines is 1. The van der Waals surface area contributed by atoms with E-state index in [1.54, 1.807) is 56.7 Å². The third kappa shape index (κ3) is 8.37. The summed E-state index contributed by atoms with van der Waals surface area (Å²) in [4.78, 5) is 23.8. The monoisotopic (exact) mass is 491 g/mol. The van der Waals surface area contributed by atoms with E-state index in [4.69, 9.17) is 15.2 Å². The second kappa shape index (κ2) is 13.9. The Kier molecular flexibility index (Phi) is 10.00. The number of ether oxygens (including phenoxy) is 2. The summed E-state index contributed by atoms with van der Waals surface area (Å²) >= 11 is 0. The third-order valence-corrected chi connectivity index (χ3v) is 5.31. The summed E-state index contributed by atoms with van der Waals surface area (Å²) in [6, 6.07) is 31.3. The third-order valence-electron chi connectivity index (χ3n) is 5.31. The molecule has 0 fully saturated rings. The van der Waals surface area contributed by atoms with Gasteiger partial charge in [-0.1, -0.05) is 78.9 Å². The number of nitrogens with two attached hydrogens (primary N) is 1. The van der Waals surface area contributed by atoms with Gasteiger partial charge in [0.05, 0.1) is 14.2 Å². The predicted molar refractivity (Wildman–Crippen MR) is 150 cm³/mol. The van der Waals surface area contributed by atoms with Gasteiger partial charge in [0.1, 0.15) is 0 Å². The minimum Gasteiger partial charge on any atom is -0.493 e. The van der Waals surface area contributed by atoms with E-state index in [0.717, 1.165) is 16.7 Å². The Bertz CT molecular complexity index is 1360. The fourth-order valence-electron chi connectivity index (χ4n) is 3.31. The summed E-state index contributed by atoms with van der Waals surface area (Å²) in [5, 5.41) is 0. The largest absolute Gasteiger partial charge is 0.493 e. The molecule has 0 aromatic heterocycles. The van der Waals surface area contributed by atoms with Gasteiger partial charge in [-0.05, 0) is 59.7 Å². The van der Waals surface area contributed by atoms with Gasteiger partial charge in [0.25, 0.3) is 0 Å². The molecule has 0 aliphatic carbocycles. The first-order chi connectivity index (χ1) is 18.0. The molecule has 186 valence electrons. The maximum absolute atomic E-state index is 12.0. The summed E-state index contributed by atoms with van der Waals surface area (Å²) in [7, 11) is 3.16. The van der Waals surface area contributed by atoms with Crippen LogP contribution in [0.25, 0.3) is 12.2 Å². The van der Waals surface area contributed by atoms with Gasteiger partial charge < -0.3 is 15.2 Å². The van der Waals surface area contributed by atoms with E-state index in [1.165, 1.54) is 6.08 Å². The first-order valence-corrected chi connectivity index (χ1v) is 11.6. The number of nitrogen functional groups attached to an aromatic ring is 1. The quantitative estimate of drug-likeness (QED) is 0.167. The van der Waals surface area contributed by atoms with Gasteiger partial charge in [0.2, 0.25) is 0 Å². The highest BCUT2D eigenvalue weighted by Gasteiger charge is 2.04. The highest BCUT2D eigenvalue weighted by atomic mass is 16.5. The molecule has 0 unspecified atom stereocenters. The van der Waals surface area contributed by atoms with Crippen molar-refractivity contribution in [3.05, 3.63) is 138 Å². The standard InChI is InChI=1S/C17H17NO3.C15H12O/c1-20-16-10-4-12(11-17(16)21-2)3-9-15(19)13-5-7-14(18)8-6-13;16-15(14-9-5-2-6-10-14)12-11-13-7-3-1-4-8-13/h3-11H,18H2,1-2H3;1-12H. The van der Waals surface area contributed by atoms with Gasteiger partial charge in [-0.2, -0.15) is 0 Å². The lowest BCUT2D eigenvalue weighted by atomic mass is 10.1. The number of hydrogen-bond acceptors (Lipinski definition) is 5. The van der Waals surface area contributed by atoms with Crippen molar-refractivity contribution >= 4 is 29.4 Å². The molecule has 5 heteroatoms. The molecule has 0 aliphatic rings. The lowest BCUT2D eigenvalue weighted by molar-refractivity contribution is 0.103. The zero-order chi connectivity index (χ0) is 26.5. The van der Waals surface area contributed by atoms with E-state index >= 15 is 0 Å². The predicted octanol–water partition coefficient (Wildman–Crippen LogP) is 6.76. The van der Waals surface area contributed by atoms with E-state index in [-0.39, 0.29) is 11.6 Å². The Balaban J connectivity index is 0.000000213. The van der Waals surface area contributed by atoms with Crippen LogP contribution >= 0.6 is 0 Å². The molecular formula is C32H29NO4. The number of hydrogen-bond donors (Lipinski definition) is 1. The minimum absolute atomic E-state index is 0.0319. The molecule has 0 amide bonds. The molecule has 4 rings (SSSR count). The molecule has 0 bridgehead atoms. The highest BCUT2D eigenvalue weighted by molar-refractivity contribution is 6.07. The van der Waals surface area contributed by atoms with Crippen LogP contribution in [-0.2, 0) is 0 Å². The number of ketones is 2. The van der Waals surface area contributed by atoms with Gasteiger partial charge in [-0.3, -0.25) is 9.59 Å². The lowest BCUT2D eigenvalue weighted by Gasteiger charge is -2.07. The van der Waals surface area contributed by atoms with Crippen LogP contribution in [0.15, 0.2) is 115 Å². The molecule has 0 heterocycles. The molecule has 0 aliphatic heterocycles.